The molecule has 2 aromatic carbocycles. The van der Waals surface area contributed by atoms with E-state index in [4.69, 9.17) is 0 Å². The Kier molecular flexibility index (Phi) is 8.05. The van der Waals surface area contributed by atoms with E-state index in [0.29, 0.717) is 37.7 Å². The third-order valence-corrected chi connectivity index (χ3v) is 6.23. The molecular weight excluding hydrogens is 406 g/mol. The fourth-order valence-corrected chi connectivity index (χ4v) is 4.80. The van der Waals surface area contributed by atoms with Crippen LogP contribution in [0.15, 0.2) is 42.5 Å². The predicted molar refractivity (Wildman–Crippen MR) is 125 cm³/mol. The second kappa shape index (κ2) is 10.6. The van der Waals surface area contributed by atoms with Gasteiger partial charge in [-0.1, -0.05) is 57.5 Å². The van der Waals surface area contributed by atoms with Crippen molar-refractivity contribution in [3.8, 4) is 0 Å². The molecule has 5 heteroatoms. The van der Waals surface area contributed by atoms with Crippen LogP contribution in [0.2, 0.25) is 0 Å². The number of carbonyl (C=O) groups is 1. The number of carbonyl (C=O) groups excluding carboxylic acids is 1. The van der Waals surface area contributed by atoms with Gasteiger partial charge < -0.3 is 4.90 Å². The molecule has 0 radical (unpaired) electrons. The molecule has 1 saturated heterocycles. The molecule has 0 aliphatic carbocycles. The van der Waals surface area contributed by atoms with Crippen LogP contribution in [-0.4, -0.2) is 41.9 Å². The normalized spacial score (nSPS) is 19.2. The molecule has 1 aliphatic heterocycles. The van der Waals surface area contributed by atoms with Crippen molar-refractivity contribution in [2.24, 2.45) is 17.8 Å². The quantitative estimate of drug-likeness (QED) is 0.529. The van der Waals surface area contributed by atoms with Gasteiger partial charge in [0.15, 0.2) is 0 Å². The minimum absolute atomic E-state index is 0.0692. The van der Waals surface area contributed by atoms with Gasteiger partial charge in [-0.25, -0.2) is 8.78 Å². The van der Waals surface area contributed by atoms with Gasteiger partial charge in [0.05, 0.1) is 0 Å². The van der Waals surface area contributed by atoms with Crippen LogP contribution < -0.4 is 0 Å². The molecule has 174 valence electrons. The minimum atomic E-state index is -0.248. The number of likely N-dealkylation sites (tertiary alicyclic amines) is 1. The average Bonchev–Trinajstić information content (AvgIpc) is 3.11. The van der Waals surface area contributed by atoms with Gasteiger partial charge in [0, 0.05) is 50.1 Å². The van der Waals surface area contributed by atoms with Gasteiger partial charge in [0.2, 0.25) is 5.91 Å². The van der Waals surface area contributed by atoms with E-state index in [2.05, 4.69) is 18.7 Å². The van der Waals surface area contributed by atoms with E-state index >= 15 is 0 Å². The van der Waals surface area contributed by atoms with E-state index in [-0.39, 0.29) is 35.3 Å². The maximum atomic E-state index is 14.4. The summed E-state index contributed by atoms with van der Waals surface area (Å²) in [6.45, 7) is 13.4. The summed E-state index contributed by atoms with van der Waals surface area (Å²) in [4.78, 5) is 17.1. The van der Waals surface area contributed by atoms with Gasteiger partial charge in [-0.05, 0) is 42.5 Å². The third kappa shape index (κ3) is 6.16. The lowest BCUT2D eigenvalue weighted by molar-refractivity contribution is -0.135. The molecule has 3 nitrogen and oxygen atoms in total. The maximum Gasteiger partial charge on any atom is 0.225 e. The number of benzene rings is 2. The number of rotatable bonds is 8. The summed E-state index contributed by atoms with van der Waals surface area (Å²) < 4.78 is 28.4. The molecule has 0 bridgehead atoms. The van der Waals surface area contributed by atoms with Gasteiger partial charge >= 0.3 is 0 Å². The van der Waals surface area contributed by atoms with Crippen molar-refractivity contribution in [3.63, 3.8) is 0 Å². The Morgan fingerprint density at radius 3 is 2.50 bits per heavy atom. The number of hydrogen-bond donors (Lipinski definition) is 0. The molecule has 32 heavy (non-hydrogen) atoms. The standard InChI is InChI=1S/C27H36F2N2O/c1-18(2)13-31(27(32)19(3)4)16-23-15-30(14-22-11-20(5)9-10-26(22)29)17-25(23)21-7-6-8-24(28)12-21/h6-12,18-19,23,25H,13-17H2,1-5H3/t23-,25-/m0/s1. The van der Waals surface area contributed by atoms with Gasteiger partial charge in [0.25, 0.3) is 0 Å². The Hall–Kier alpha value is -2.27. The molecule has 3 rings (SSSR count). The summed E-state index contributed by atoms with van der Waals surface area (Å²) in [5.41, 5.74) is 2.66. The number of amides is 1. The van der Waals surface area contributed by atoms with E-state index < -0.39 is 0 Å². The van der Waals surface area contributed by atoms with Crippen molar-refractivity contribution in [1.29, 1.82) is 0 Å². The second-order valence-corrected chi connectivity index (χ2v) is 10.0. The van der Waals surface area contributed by atoms with E-state index in [9.17, 15) is 13.6 Å². The summed E-state index contributed by atoms with van der Waals surface area (Å²) in [7, 11) is 0. The van der Waals surface area contributed by atoms with Crippen LogP contribution in [-0.2, 0) is 11.3 Å². The molecule has 1 aliphatic rings. The smallest absolute Gasteiger partial charge is 0.225 e. The first kappa shape index (κ1) is 24.4. The van der Waals surface area contributed by atoms with Crippen molar-refractivity contribution in [2.45, 2.75) is 47.1 Å². The van der Waals surface area contributed by atoms with Crippen LogP contribution in [0.4, 0.5) is 8.78 Å². The zero-order chi connectivity index (χ0) is 23.4. The monoisotopic (exact) mass is 442 g/mol. The largest absolute Gasteiger partial charge is 0.342 e. The molecule has 1 fully saturated rings. The fraction of sp³-hybridized carbons (Fsp3) is 0.519. The van der Waals surface area contributed by atoms with Crippen LogP contribution in [0.5, 0.6) is 0 Å². The molecule has 1 amide bonds. The first-order valence-electron chi connectivity index (χ1n) is 11.7. The van der Waals surface area contributed by atoms with Crippen molar-refractivity contribution < 1.29 is 13.6 Å². The lowest BCUT2D eigenvalue weighted by atomic mass is 9.88. The molecule has 0 N–H and O–H groups in total. The van der Waals surface area contributed by atoms with Gasteiger partial charge in [-0.15, -0.1) is 0 Å². The second-order valence-electron chi connectivity index (χ2n) is 10.0. The molecule has 0 unspecified atom stereocenters. The van der Waals surface area contributed by atoms with E-state index in [1.165, 1.54) is 12.1 Å². The van der Waals surface area contributed by atoms with Crippen molar-refractivity contribution in [2.75, 3.05) is 26.2 Å². The molecule has 0 saturated carbocycles. The number of aryl methyl sites for hydroxylation is 1. The highest BCUT2D eigenvalue weighted by Gasteiger charge is 2.36. The summed E-state index contributed by atoms with van der Waals surface area (Å²) in [6, 6.07) is 12.0. The zero-order valence-corrected chi connectivity index (χ0v) is 19.9. The Bertz CT molecular complexity index is 928. The fourth-order valence-electron chi connectivity index (χ4n) is 4.80. The summed E-state index contributed by atoms with van der Waals surface area (Å²) in [6.07, 6.45) is 0. The lowest BCUT2D eigenvalue weighted by Crippen LogP contribution is -2.41. The Morgan fingerprint density at radius 2 is 1.84 bits per heavy atom. The first-order chi connectivity index (χ1) is 15.1. The molecule has 0 aromatic heterocycles. The predicted octanol–water partition coefficient (Wildman–Crippen LogP) is 5.63. The lowest BCUT2D eigenvalue weighted by Gasteiger charge is -2.31. The third-order valence-electron chi connectivity index (χ3n) is 6.23. The van der Waals surface area contributed by atoms with Crippen LogP contribution in [0.25, 0.3) is 0 Å². The molecular formula is C27H36F2N2O. The van der Waals surface area contributed by atoms with Crippen molar-refractivity contribution in [3.05, 3.63) is 70.8 Å². The Morgan fingerprint density at radius 1 is 1.09 bits per heavy atom. The summed E-state index contributed by atoms with van der Waals surface area (Å²) in [5.74, 6) is 0.253. The Balaban J connectivity index is 1.86. The highest BCUT2D eigenvalue weighted by molar-refractivity contribution is 5.78. The molecule has 2 atom stereocenters. The Labute approximate surface area is 191 Å². The summed E-state index contributed by atoms with van der Waals surface area (Å²) in [5, 5.41) is 0. The van der Waals surface area contributed by atoms with E-state index in [1.54, 1.807) is 18.2 Å². The highest BCUT2D eigenvalue weighted by atomic mass is 19.1. The van der Waals surface area contributed by atoms with Crippen LogP contribution in [0.1, 0.15) is 50.3 Å². The summed E-state index contributed by atoms with van der Waals surface area (Å²) >= 11 is 0. The average molecular weight is 443 g/mol. The topological polar surface area (TPSA) is 23.6 Å². The number of hydrogen-bond acceptors (Lipinski definition) is 2. The van der Waals surface area contributed by atoms with Crippen LogP contribution in [0, 0.1) is 36.3 Å². The maximum absolute atomic E-state index is 14.4. The molecule has 2 aromatic rings. The van der Waals surface area contributed by atoms with Crippen molar-refractivity contribution in [1.82, 2.24) is 9.80 Å². The molecule has 0 spiro atoms. The van der Waals surface area contributed by atoms with Crippen molar-refractivity contribution >= 4 is 5.91 Å². The zero-order valence-electron chi connectivity index (χ0n) is 19.9. The van der Waals surface area contributed by atoms with Gasteiger partial charge in [0.1, 0.15) is 11.6 Å². The highest BCUT2D eigenvalue weighted by Crippen LogP contribution is 2.35. The SMILES string of the molecule is Cc1ccc(F)c(CN2C[C@@H](CN(CC(C)C)C(=O)C(C)C)[C@H](c3cccc(F)c3)C2)c1. The molecule has 1 heterocycles. The van der Waals surface area contributed by atoms with Crippen LogP contribution in [0.3, 0.4) is 0 Å². The van der Waals surface area contributed by atoms with E-state index in [0.717, 1.165) is 17.7 Å². The number of halogens is 2. The van der Waals surface area contributed by atoms with Gasteiger partial charge in [-0.2, -0.15) is 0 Å². The van der Waals surface area contributed by atoms with Crippen LogP contribution >= 0.6 is 0 Å². The number of nitrogens with zero attached hydrogens (tertiary/aromatic N) is 2. The minimum Gasteiger partial charge on any atom is -0.342 e. The van der Waals surface area contributed by atoms with E-state index in [1.807, 2.05) is 37.8 Å². The van der Waals surface area contributed by atoms with Gasteiger partial charge in [-0.3, -0.25) is 9.69 Å². The first-order valence-corrected chi connectivity index (χ1v) is 11.7.